The number of carbonyl (C=O) groups excluding carboxylic acids is 1. The van der Waals surface area contributed by atoms with Crippen molar-refractivity contribution in [3.8, 4) is 0 Å². The van der Waals surface area contributed by atoms with Crippen molar-refractivity contribution in [1.29, 1.82) is 0 Å². The molecule has 1 amide bonds. The highest BCUT2D eigenvalue weighted by Crippen LogP contribution is 2.21. The molecule has 19 heavy (non-hydrogen) atoms. The molecule has 1 aromatic carbocycles. The number of carbonyl (C=O) groups is 1. The molecule has 1 aromatic heterocycles. The number of pyridine rings is 1. The second-order valence-corrected chi connectivity index (χ2v) is 3.92. The number of nitrogens with one attached hydrogen (secondary N) is 1. The fraction of sp³-hybridized carbons (Fsp3) is 0.143. The first-order valence-corrected chi connectivity index (χ1v) is 5.80. The Morgan fingerprint density at radius 3 is 2.53 bits per heavy atom. The summed E-state index contributed by atoms with van der Waals surface area (Å²) in [6.07, 6.45) is 1.08. The zero-order valence-corrected chi connectivity index (χ0v) is 10.8. The van der Waals surface area contributed by atoms with Gasteiger partial charge in [0.15, 0.2) is 0 Å². The van der Waals surface area contributed by atoms with Gasteiger partial charge in [-0.25, -0.2) is 9.78 Å². The lowest BCUT2D eigenvalue weighted by molar-refractivity contribution is 0.187. The summed E-state index contributed by atoms with van der Waals surface area (Å²) in [6, 6.07) is 13.5. The molecule has 1 heterocycles. The van der Waals surface area contributed by atoms with Gasteiger partial charge in [-0.2, -0.15) is 0 Å². The highest BCUT2D eigenvalue weighted by atomic mass is 16.5. The lowest BCUT2D eigenvalue weighted by Crippen LogP contribution is -2.13. The molecule has 0 saturated carbocycles. The van der Waals surface area contributed by atoms with Crippen molar-refractivity contribution in [2.75, 3.05) is 24.4 Å². The number of hydrogen-bond acceptors (Lipinski definition) is 4. The van der Waals surface area contributed by atoms with E-state index in [2.05, 4.69) is 15.0 Å². The predicted molar refractivity (Wildman–Crippen MR) is 74.8 cm³/mol. The van der Waals surface area contributed by atoms with Crippen LogP contribution >= 0.6 is 0 Å². The van der Waals surface area contributed by atoms with Gasteiger partial charge in [-0.05, 0) is 24.3 Å². The number of para-hydroxylation sites is 1. The van der Waals surface area contributed by atoms with Crippen LogP contribution in [0.3, 0.4) is 0 Å². The lowest BCUT2D eigenvalue weighted by atomic mass is 10.3. The molecule has 2 aromatic rings. The topological polar surface area (TPSA) is 54.5 Å². The molecule has 0 saturated heterocycles. The standard InChI is InChI=1S/C14H15N3O2/c1-17(12-6-4-3-5-7-12)13-9-8-11(10-15-13)16-14(18)19-2/h3-10H,1-2H3,(H,16,18). The number of benzene rings is 1. The number of ether oxygens (including phenoxy) is 1. The van der Waals surface area contributed by atoms with Crippen molar-refractivity contribution >= 4 is 23.3 Å². The van der Waals surface area contributed by atoms with Crippen LogP contribution in [0.25, 0.3) is 0 Å². The molecule has 1 N–H and O–H groups in total. The fourth-order valence-corrected chi connectivity index (χ4v) is 1.61. The first-order valence-electron chi connectivity index (χ1n) is 5.80. The van der Waals surface area contributed by atoms with Crippen LogP contribution in [0, 0.1) is 0 Å². The number of rotatable bonds is 3. The van der Waals surface area contributed by atoms with Gasteiger partial charge in [0.2, 0.25) is 0 Å². The van der Waals surface area contributed by atoms with Gasteiger partial charge in [0, 0.05) is 12.7 Å². The van der Waals surface area contributed by atoms with Gasteiger partial charge in [0.25, 0.3) is 0 Å². The molecule has 0 atom stereocenters. The molecule has 0 aliphatic carbocycles. The highest BCUT2D eigenvalue weighted by Gasteiger charge is 2.05. The van der Waals surface area contributed by atoms with Crippen LogP contribution in [-0.2, 0) is 4.74 Å². The quantitative estimate of drug-likeness (QED) is 0.918. The summed E-state index contributed by atoms with van der Waals surface area (Å²) in [5.41, 5.74) is 1.64. The number of nitrogens with zero attached hydrogens (tertiary/aromatic N) is 2. The van der Waals surface area contributed by atoms with Crippen LogP contribution in [0.5, 0.6) is 0 Å². The van der Waals surface area contributed by atoms with Crippen LogP contribution in [0.2, 0.25) is 0 Å². The number of anilines is 3. The molecule has 0 bridgehead atoms. The van der Waals surface area contributed by atoms with E-state index in [1.807, 2.05) is 48.3 Å². The van der Waals surface area contributed by atoms with E-state index in [1.54, 1.807) is 12.3 Å². The molecule has 5 heteroatoms. The summed E-state index contributed by atoms with van der Waals surface area (Å²) >= 11 is 0. The molecule has 0 fully saturated rings. The van der Waals surface area contributed by atoms with Crippen molar-refractivity contribution in [3.05, 3.63) is 48.7 Å². The van der Waals surface area contributed by atoms with Crippen LogP contribution in [0.15, 0.2) is 48.7 Å². The van der Waals surface area contributed by atoms with Crippen LogP contribution < -0.4 is 10.2 Å². The number of hydrogen-bond donors (Lipinski definition) is 1. The van der Waals surface area contributed by atoms with Gasteiger partial charge in [-0.3, -0.25) is 5.32 Å². The molecule has 2 rings (SSSR count). The van der Waals surface area contributed by atoms with E-state index in [9.17, 15) is 4.79 Å². The third-order valence-corrected chi connectivity index (χ3v) is 2.67. The van der Waals surface area contributed by atoms with Gasteiger partial charge in [0.1, 0.15) is 5.82 Å². The zero-order chi connectivity index (χ0) is 13.7. The van der Waals surface area contributed by atoms with Crippen LogP contribution in [0.1, 0.15) is 0 Å². The second kappa shape index (κ2) is 5.86. The van der Waals surface area contributed by atoms with Gasteiger partial charge in [-0.15, -0.1) is 0 Å². The monoisotopic (exact) mass is 257 g/mol. The van der Waals surface area contributed by atoms with E-state index in [4.69, 9.17) is 0 Å². The van der Waals surface area contributed by atoms with Crippen LogP contribution in [0.4, 0.5) is 22.0 Å². The molecular formula is C14H15N3O2. The molecular weight excluding hydrogens is 242 g/mol. The second-order valence-electron chi connectivity index (χ2n) is 3.92. The number of methoxy groups -OCH3 is 1. The Labute approximate surface area is 111 Å². The Morgan fingerprint density at radius 2 is 1.95 bits per heavy atom. The minimum Gasteiger partial charge on any atom is -0.453 e. The van der Waals surface area contributed by atoms with Crippen molar-refractivity contribution in [2.45, 2.75) is 0 Å². The van der Waals surface area contributed by atoms with Gasteiger partial charge >= 0.3 is 6.09 Å². The van der Waals surface area contributed by atoms with E-state index in [-0.39, 0.29) is 0 Å². The SMILES string of the molecule is COC(=O)Nc1ccc(N(C)c2ccccc2)nc1. The minimum atomic E-state index is -0.508. The lowest BCUT2D eigenvalue weighted by Gasteiger charge is -2.18. The Morgan fingerprint density at radius 1 is 1.21 bits per heavy atom. The van der Waals surface area contributed by atoms with E-state index in [1.165, 1.54) is 7.11 Å². The molecule has 0 spiro atoms. The van der Waals surface area contributed by atoms with E-state index in [0.29, 0.717) is 5.69 Å². The maximum Gasteiger partial charge on any atom is 0.411 e. The van der Waals surface area contributed by atoms with Crippen molar-refractivity contribution in [3.63, 3.8) is 0 Å². The fourth-order valence-electron chi connectivity index (χ4n) is 1.61. The van der Waals surface area contributed by atoms with Crippen molar-refractivity contribution in [2.24, 2.45) is 0 Å². The Hall–Kier alpha value is -2.56. The molecule has 5 nitrogen and oxygen atoms in total. The molecule has 0 aliphatic heterocycles. The third-order valence-electron chi connectivity index (χ3n) is 2.67. The maximum absolute atomic E-state index is 11.0. The van der Waals surface area contributed by atoms with E-state index >= 15 is 0 Å². The number of aromatic nitrogens is 1. The van der Waals surface area contributed by atoms with Gasteiger partial charge < -0.3 is 9.64 Å². The normalized spacial score (nSPS) is 9.79. The summed E-state index contributed by atoms with van der Waals surface area (Å²) in [6.45, 7) is 0. The smallest absolute Gasteiger partial charge is 0.411 e. The van der Waals surface area contributed by atoms with Gasteiger partial charge in [0.05, 0.1) is 19.0 Å². The molecule has 0 radical (unpaired) electrons. The minimum absolute atomic E-state index is 0.508. The van der Waals surface area contributed by atoms with E-state index in [0.717, 1.165) is 11.5 Å². The summed E-state index contributed by atoms with van der Waals surface area (Å²) in [5.74, 6) is 0.793. The summed E-state index contributed by atoms with van der Waals surface area (Å²) < 4.78 is 4.51. The summed E-state index contributed by atoms with van der Waals surface area (Å²) in [4.78, 5) is 17.3. The largest absolute Gasteiger partial charge is 0.453 e. The van der Waals surface area contributed by atoms with Crippen molar-refractivity contribution < 1.29 is 9.53 Å². The number of amides is 1. The summed E-state index contributed by atoms with van der Waals surface area (Å²) in [7, 11) is 3.26. The predicted octanol–water partition coefficient (Wildman–Crippen LogP) is 3.03. The van der Waals surface area contributed by atoms with Gasteiger partial charge in [-0.1, -0.05) is 18.2 Å². The maximum atomic E-state index is 11.0. The van der Waals surface area contributed by atoms with E-state index < -0.39 is 6.09 Å². The first-order chi connectivity index (χ1) is 9.20. The first kappa shape index (κ1) is 12.9. The highest BCUT2D eigenvalue weighted by molar-refractivity contribution is 5.84. The Kier molecular flexibility index (Phi) is 3.97. The van der Waals surface area contributed by atoms with Crippen LogP contribution in [-0.4, -0.2) is 25.2 Å². The van der Waals surface area contributed by atoms with Crippen molar-refractivity contribution in [1.82, 2.24) is 4.98 Å². The average molecular weight is 257 g/mol. The molecule has 0 aliphatic rings. The Balaban J connectivity index is 2.12. The molecule has 98 valence electrons. The third kappa shape index (κ3) is 3.22. The zero-order valence-electron chi connectivity index (χ0n) is 10.8. The molecule has 0 unspecified atom stereocenters. The Bertz CT molecular complexity index is 540. The average Bonchev–Trinajstić information content (AvgIpc) is 2.48. The summed E-state index contributed by atoms with van der Waals surface area (Å²) in [5, 5.41) is 2.56.